The number of hydrogen-bond donors (Lipinski definition) is 0. The molecule has 78 valence electrons. The average molecular weight is 277 g/mol. The number of alkyl halides is 1. The molecule has 0 aliphatic heterocycles. The summed E-state index contributed by atoms with van der Waals surface area (Å²) in [4.78, 5) is 2.24. The lowest BCUT2D eigenvalue weighted by atomic mass is 10.2. The van der Waals surface area contributed by atoms with Crippen LogP contribution in [0.3, 0.4) is 0 Å². The van der Waals surface area contributed by atoms with Crippen LogP contribution in [0.25, 0.3) is 0 Å². The summed E-state index contributed by atoms with van der Waals surface area (Å²) in [5, 5.41) is 0. The molecule has 0 aromatic heterocycles. The second kappa shape index (κ2) is 5.62. The molecule has 0 N–H and O–H groups in total. The summed E-state index contributed by atoms with van der Waals surface area (Å²) in [6.45, 7) is 3.23. The van der Waals surface area contributed by atoms with E-state index in [0.29, 0.717) is 5.88 Å². The maximum atomic E-state index is 5.89. The highest BCUT2D eigenvalue weighted by Gasteiger charge is 2.06. The van der Waals surface area contributed by atoms with Crippen molar-refractivity contribution in [3.05, 3.63) is 28.2 Å². The van der Waals surface area contributed by atoms with Crippen LogP contribution >= 0.6 is 27.5 Å². The molecule has 0 bridgehead atoms. The van der Waals surface area contributed by atoms with Crippen molar-refractivity contribution in [2.24, 2.45) is 0 Å². The van der Waals surface area contributed by atoms with Crippen molar-refractivity contribution >= 4 is 33.2 Å². The summed E-state index contributed by atoms with van der Waals surface area (Å²) >= 11 is 9.36. The molecule has 0 aliphatic carbocycles. The highest BCUT2D eigenvalue weighted by Crippen LogP contribution is 2.25. The molecule has 1 rings (SSSR count). The highest BCUT2D eigenvalue weighted by atomic mass is 79.9. The number of rotatable bonds is 4. The molecule has 0 saturated heterocycles. The van der Waals surface area contributed by atoms with Gasteiger partial charge in [-0.15, -0.1) is 11.6 Å². The quantitative estimate of drug-likeness (QED) is 0.750. The van der Waals surface area contributed by atoms with E-state index in [4.69, 9.17) is 11.6 Å². The average Bonchev–Trinajstić information content (AvgIpc) is 2.18. The third-order valence-corrected chi connectivity index (χ3v) is 2.94. The Hall–Kier alpha value is -0.210. The van der Waals surface area contributed by atoms with Gasteiger partial charge in [0.05, 0.1) is 0 Å². The lowest BCUT2D eigenvalue weighted by molar-refractivity contribution is 0.848. The third kappa shape index (κ3) is 2.89. The summed E-state index contributed by atoms with van der Waals surface area (Å²) in [5.74, 6) is 0.566. The molecule has 0 spiro atoms. The fraction of sp³-hybridized carbons (Fsp3) is 0.455. The molecule has 0 radical (unpaired) electrons. The zero-order chi connectivity index (χ0) is 10.6. The van der Waals surface area contributed by atoms with Crippen LogP contribution in [-0.2, 0) is 5.88 Å². The van der Waals surface area contributed by atoms with Gasteiger partial charge in [0.25, 0.3) is 0 Å². The molecule has 0 atom stereocenters. The maximum absolute atomic E-state index is 5.89. The van der Waals surface area contributed by atoms with Gasteiger partial charge in [-0.3, -0.25) is 0 Å². The molecule has 3 heteroatoms. The Bertz CT molecular complexity index is 301. The number of nitrogens with zero attached hydrogens (tertiary/aromatic N) is 1. The summed E-state index contributed by atoms with van der Waals surface area (Å²) in [6, 6.07) is 6.22. The first-order valence-electron chi connectivity index (χ1n) is 4.74. The molecule has 0 amide bonds. The van der Waals surface area contributed by atoms with Crippen LogP contribution in [0.2, 0.25) is 0 Å². The largest absolute Gasteiger partial charge is 0.374 e. The summed E-state index contributed by atoms with van der Waals surface area (Å²) in [6.07, 6.45) is 1.14. The van der Waals surface area contributed by atoms with Gasteiger partial charge >= 0.3 is 0 Å². The second-order valence-corrected chi connectivity index (χ2v) is 4.51. The molecule has 0 fully saturated rings. The van der Waals surface area contributed by atoms with E-state index in [-0.39, 0.29) is 0 Å². The minimum atomic E-state index is 0.566. The van der Waals surface area contributed by atoms with E-state index in [1.165, 1.54) is 11.3 Å². The van der Waals surface area contributed by atoms with Gasteiger partial charge in [-0.1, -0.05) is 28.9 Å². The molecule has 0 unspecified atom stereocenters. The zero-order valence-electron chi connectivity index (χ0n) is 8.56. The van der Waals surface area contributed by atoms with E-state index in [1.807, 2.05) is 6.07 Å². The van der Waals surface area contributed by atoms with E-state index in [9.17, 15) is 0 Å². The monoisotopic (exact) mass is 275 g/mol. The second-order valence-electron chi connectivity index (χ2n) is 3.33. The first-order valence-corrected chi connectivity index (χ1v) is 6.07. The Morgan fingerprint density at radius 2 is 2.14 bits per heavy atom. The lowest BCUT2D eigenvalue weighted by Gasteiger charge is -2.21. The minimum absolute atomic E-state index is 0.566. The van der Waals surface area contributed by atoms with Crippen molar-refractivity contribution in [3.8, 4) is 0 Å². The van der Waals surface area contributed by atoms with Crippen LogP contribution in [0.15, 0.2) is 22.7 Å². The normalized spacial score (nSPS) is 10.3. The van der Waals surface area contributed by atoms with E-state index in [1.54, 1.807) is 0 Å². The number of halogens is 2. The Balaban J connectivity index is 2.97. The smallest absolute Gasteiger partial charge is 0.0494 e. The van der Waals surface area contributed by atoms with Crippen molar-refractivity contribution in [3.63, 3.8) is 0 Å². The van der Waals surface area contributed by atoms with Gasteiger partial charge in [-0.25, -0.2) is 0 Å². The van der Waals surface area contributed by atoms with Gasteiger partial charge in [0, 0.05) is 29.6 Å². The first kappa shape index (κ1) is 11.9. The van der Waals surface area contributed by atoms with E-state index in [2.05, 4.69) is 46.9 Å². The van der Waals surface area contributed by atoms with Crippen molar-refractivity contribution in [2.45, 2.75) is 19.2 Å². The molecular formula is C11H15BrClN. The van der Waals surface area contributed by atoms with Gasteiger partial charge in [0.1, 0.15) is 0 Å². The van der Waals surface area contributed by atoms with Crippen LogP contribution in [0, 0.1) is 0 Å². The summed E-state index contributed by atoms with van der Waals surface area (Å²) in [5.41, 5.74) is 2.40. The van der Waals surface area contributed by atoms with Gasteiger partial charge in [0.15, 0.2) is 0 Å². The molecule has 0 heterocycles. The van der Waals surface area contributed by atoms with Crippen molar-refractivity contribution in [2.75, 3.05) is 18.5 Å². The van der Waals surface area contributed by atoms with Crippen LogP contribution in [0.5, 0.6) is 0 Å². The SMILES string of the molecule is CCCN(C)c1cc(Br)ccc1CCl. The molecular weight excluding hydrogens is 261 g/mol. The van der Waals surface area contributed by atoms with Crippen LogP contribution in [-0.4, -0.2) is 13.6 Å². The van der Waals surface area contributed by atoms with Gasteiger partial charge in [-0.2, -0.15) is 0 Å². The molecule has 1 nitrogen and oxygen atoms in total. The summed E-state index contributed by atoms with van der Waals surface area (Å²) < 4.78 is 1.10. The highest BCUT2D eigenvalue weighted by molar-refractivity contribution is 9.10. The van der Waals surface area contributed by atoms with Gasteiger partial charge < -0.3 is 4.90 Å². The number of anilines is 1. The molecule has 1 aromatic rings. The minimum Gasteiger partial charge on any atom is -0.374 e. The van der Waals surface area contributed by atoms with Crippen molar-refractivity contribution in [1.29, 1.82) is 0 Å². The predicted octanol–water partition coefficient (Wildman–Crippen LogP) is 4.03. The Morgan fingerprint density at radius 1 is 1.43 bits per heavy atom. The van der Waals surface area contributed by atoms with Crippen LogP contribution < -0.4 is 4.90 Å². The molecule has 14 heavy (non-hydrogen) atoms. The standard InChI is InChI=1S/C11H15BrClN/c1-3-6-14(2)11-7-10(12)5-4-9(11)8-13/h4-5,7H,3,6,8H2,1-2H3. The van der Waals surface area contributed by atoms with Crippen LogP contribution in [0.1, 0.15) is 18.9 Å². The van der Waals surface area contributed by atoms with Crippen molar-refractivity contribution in [1.82, 2.24) is 0 Å². The fourth-order valence-corrected chi connectivity index (χ4v) is 2.04. The molecule has 1 aromatic carbocycles. The fourth-order valence-electron chi connectivity index (χ4n) is 1.46. The number of benzene rings is 1. The Morgan fingerprint density at radius 3 is 2.71 bits per heavy atom. The van der Waals surface area contributed by atoms with E-state index in [0.717, 1.165) is 17.4 Å². The number of hydrogen-bond acceptors (Lipinski definition) is 1. The predicted molar refractivity (Wildman–Crippen MR) is 67.3 cm³/mol. The van der Waals surface area contributed by atoms with Crippen molar-refractivity contribution < 1.29 is 0 Å². The summed E-state index contributed by atoms with van der Waals surface area (Å²) in [7, 11) is 2.10. The zero-order valence-corrected chi connectivity index (χ0v) is 10.9. The van der Waals surface area contributed by atoms with E-state index >= 15 is 0 Å². The molecule has 0 aliphatic rings. The molecule has 0 saturated carbocycles. The maximum Gasteiger partial charge on any atom is 0.0494 e. The van der Waals surface area contributed by atoms with Crippen LogP contribution in [0.4, 0.5) is 5.69 Å². The Labute approximate surface area is 99.2 Å². The topological polar surface area (TPSA) is 3.24 Å². The third-order valence-electron chi connectivity index (χ3n) is 2.16. The Kier molecular flexibility index (Phi) is 4.76. The van der Waals surface area contributed by atoms with Gasteiger partial charge in [-0.05, 0) is 24.1 Å². The first-order chi connectivity index (χ1) is 6.69. The lowest BCUT2D eigenvalue weighted by Crippen LogP contribution is -2.19. The van der Waals surface area contributed by atoms with E-state index < -0.39 is 0 Å². The van der Waals surface area contributed by atoms with Gasteiger partial charge in [0.2, 0.25) is 0 Å².